The van der Waals surface area contributed by atoms with Crippen molar-refractivity contribution < 1.29 is 0 Å². The van der Waals surface area contributed by atoms with Gasteiger partial charge in [0.15, 0.2) is 0 Å². The summed E-state index contributed by atoms with van der Waals surface area (Å²) in [5.74, 6) is 3.07. The molecule has 0 spiro atoms. The lowest BCUT2D eigenvalue weighted by atomic mass is 9.99. The van der Waals surface area contributed by atoms with Crippen LogP contribution < -0.4 is 0 Å². The number of thioether (sulfide) groups is 2. The second-order valence-electron chi connectivity index (χ2n) is 22.6. The third kappa shape index (κ3) is 19.4. The molecule has 0 amide bonds. The number of hydrogen-bond acceptors (Lipinski definition) is 10. The van der Waals surface area contributed by atoms with E-state index in [1.54, 1.807) is 11.8 Å². The summed E-state index contributed by atoms with van der Waals surface area (Å²) in [5, 5.41) is 34.1. The molecule has 4 heterocycles. The molecule has 12 nitrogen and oxygen atoms in total. The zero-order chi connectivity index (χ0) is 53.5. The smallest absolute Gasteiger partial charge is 0.0927 e. The topological polar surface area (TPSA) is 123 Å². The summed E-state index contributed by atoms with van der Waals surface area (Å²) in [7, 11) is 0.0844. The van der Waals surface area contributed by atoms with E-state index in [4.69, 9.17) is 0 Å². The second-order valence-corrected chi connectivity index (χ2v) is 30.6. The lowest BCUT2D eigenvalue weighted by Crippen LogP contribution is -2.23. The number of aromatic nitrogens is 12. The molecule has 416 valence electrons. The molecule has 1 atom stereocenters. The summed E-state index contributed by atoms with van der Waals surface area (Å²) in [6, 6.07) is 20.9. The van der Waals surface area contributed by atoms with Gasteiger partial charge in [0.1, 0.15) is 0 Å². The molecule has 2 aromatic carbocycles. The van der Waals surface area contributed by atoms with Crippen LogP contribution in [0, 0.1) is 0 Å². The average Bonchev–Trinajstić information content (AvgIpc) is 4.33. The number of nitrogens with zero attached hydrogens (tertiary/aromatic N) is 12. The summed E-state index contributed by atoms with van der Waals surface area (Å²) in [5.41, 5.74) is 9.04. The fourth-order valence-electron chi connectivity index (χ4n) is 11.3. The molecule has 4 saturated carbocycles. The Morgan fingerprint density at radius 1 is 0.421 bits per heavy atom. The van der Waals surface area contributed by atoms with Crippen molar-refractivity contribution >= 4 is 39.4 Å². The van der Waals surface area contributed by atoms with Crippen LogP contribution in [0.2, 0.25) is 0 Å². The Hall–Kier alpha value is -3.44. The Labute approximate surface area is 469 Å². The van der Waals surface area contributed by atoms with Gasteiger partial charge in [0.25, 0.3) is 0 Å². The van der Waals surface area contributed by atoms with Gasteiger partial charge in [-0.25, -0.2) is 14.0 Å². The highest BCUT2D eigenvalue weighted by atomic mass is 32.2. The van der Waals surface area contributed by atoms with Crippen molar-refractivity contribution in [3.8, 4) is 0 Å². The van der Waals surface area contributed by atoms with Crippen LogP contribution in [0.25, 0.3) is 0 Å². The largest absolute Gasteiger partial charge is 0.253 e. The Morgan fingerprint density at radius 3 is 1.12 bits per heavy atom. The third-order valence-electron chi connectivity index (χ3n) is 15.8. The lowest BCUT2D eigenvalue weighted by molar-refractivity contribution is 0.479. The van der Waals surface area contributed by atoms with Crippen LogP contribution in [0.1, 0.15) is 230 Å². The minimum atomic E-state index is 0.00312. The van der Waals surface area contributed by atoms with Crippen LogP contribution in [0.5, 0.6) is 0 Å². The van der Waals surface area contributed by atoms with Crippen molar-refractivity contribution in [2.45, 2.75) is 264 Å². The molecule has 0 N–H and O–H groups in total. The van der Waals surface area contributed by atoms with E-state index >= 15 is 0 Å². The van der Waals surface area contributed by atoms with Gasteiger partial charge in [-0.15, -0.1) is 43.9 Å². The van der Waals surface area contributed by atoms with Crippen LogP contribution in [-0.4, -0.2) is 82.6 Å². The van der Waals surface area contributed by atoms with Gasteiger partial charge < -0.3 is 0 Å². The minimum Gasteiger partial charge on any atom is -0.253 e. The van der Waals surface area contributed by atoms with Crippen molar-refractivity contribution in [2.24, 2.45) is 0 Å². The van der Waals surface area contributed by atoms with E-state index in [-0.39, 0.29) is 15.8 Å². The fraction of sp³-hybridized carbons (Fsp3) is 0.667. The van der Waals surface area contributed by atoms with Crippen molar-refractivity contribution in [3.63, 3.8) is 0 Å². The van der Waals surface area contributed by atoms with Crippen LogP contribution in [0.4, 0.5) is 0 Å². The van der Waals surface area contributed by atoms with Crippen molar-refractivity contribution in [2.75, 3.05) is 0 Å². The molecule has 76 heavy (non-hydrogen) atoms. The van der Waals surface area contributed by atoms with Gasteiger partial charge in [-0.1, -0.05) is 199 Å². The normalized spacial score (nSPS) is 17.6. The number of benzene rings is 2. The first kappa shape index (κ1) is 60.2. The first-order valence-electron chi connectivity index (χ1n) is 29.5. The monoisotopic (exact) mass is 1110 g/mol. The van der Waals surface area contributed by atoms with Gasteiger partial charge in [0.05, 0.1) is 47.0 Å². The molecule has 0 bridgehead atoms. The minimum absolute atomic E-state index is 0.00312. The van der Waals surface area contributed by atoms with Crippen molar-refractivity contribution in [3.05, 3.63) is 108 Å². The molecular formula is C60H94N12P2S2. The van der Waals surface area contributed by atoms with E-state index in [1.165, 1.54) is 150 Å². The molecular weight excluding hydrogens is 1010 g/mol. The van der Waals surface area contributed by atoms with Crippen LogP contribution in [0.15, 0.2) is 95.2 Å². The molecule has 4 aliphatic rings. The van der Waals surface area contributed by atoms with Crippen LogP contribution in [-0.2, 0) is 24.6 Å². The zero-order valence-electron chi connectivity index (χ0n) is 47.7. The fourth-order valence-corrected chi connectivity index (χ4v) is 20.6. The van der Waals surface area contributed by atoms with Gasteiger partial charge in [-0.05, 0) is 123 Å². The van der Waals surface area contributed by atoms with E-state index in [9.17, 15) is 0 Å². The molecule has 0 aliphatic heterocycles. The van der Waals surface area contributed by atoms with Gasteiger partial charge in [-0.3, -0.25) is 4.68 Å². The zero-order valence-corrected chi connectivity index (χ0v) is 51.2. The molecule has 1 unspecified atom stereocenters. The number of rotatable bonds is 18. The van der Waals surface area contributed by atoms with E-state index in [2.05, 4.69) is 156 Å². The maximum Gasteiger partial charge on any atom is 0.0927 e. The van der Waals surface area contributed by atoms with Gasteiger partial charge in [0, 0.05) is 40.6 Å². The number of hydrogen-bond donors (Lipinski definition) is 0. The Balaban J connectivity index is 0.000000156. The molecule has 4 aliphatic carbocycles. The highest BCUT2D eigenvalue weighted by Crippen LogP contribution is 2.64. The second kappa shape index (κ2) is 32.6. The molecule has 16 heteroatoms. The highest BCUT2D eigenvalue weighted by molar-refractivity contribution is 7.98. The lowest BCUT2D eigenvalue weighted by Gasteiger charge is -2.41. The van der Waals surface area contributed by atoms with E-state index in [1.807, 2.05) is 56.4 Å². The summed E-state index contributed by atoms with van der Waals surface area (Å²) in [6.07, 6.45) is 38.9. The quantitative estimate of drug-likeness (QED) is 0.0607. The summed E-state index contributed by atoms with van der Waals surface area (Å²) in [6.45, 7) is 18.3. The molecule has 4 fully saturated rings. The van der Waals surface area contributed by atoms with Crippen molar-refractivity contribution in [1.29, 1.82) is 0 Å². The van der Waals surface area contributed by atoms with Gasteiger partial charge in [-0.2, -0.15) is 0 Å². The van der Waals surface area contributed by atoms with Gasteiger partial charge in [0.2, 0.25) is 0 Å². The van der Waals surface area contributed by atoms with Crippen LogP contribution >= 0.6 is 39.4 Å². The Bertz CT molecular complexity index is 2410. The highest BCUT2D eigenvalue weighted by Gasteiger charge is 2.36. The van der Waals surface area contributed by atoms with E-state index in [0.717, 1.165) is 58.0 Å². The maximum atomic E-state index is 4.65. The molecule has 0 radical (unpaired) electrons. The first-order chi connectivity index (χ1) is 37.0. The Morgan fingerprint density at radius 2 is 0.750 bits per heavy atom. The van der Waals surface area contributed by atoms with E-state index in [0.29, 0.717) is 23.4 Å². The molecule has 0 saturated heterocycles. The first-order valence-corrected chi connectivity index (χ1v) is 34.7. The molecule has 6 aromatic rings. The Kier molecular flexibility index (Phi) is 25.8. The standard InChI is InChI=1S/C23H34N3PS.C18H32N3P.C12H15N3S.C7H13N3/c1-19(23-17-26(25-24-23)18-28-22-15-9-4-10-16-22)27(20-11-5-2-6-12-20)21-13-7-3-8-14-21;1-15(2)18-13-21(20-19-18)14-22(16-9-5-3-6-10-16)17-11-7-4-8-12-17;1-10(2)12-8-15(14-13-12)9-16-11-6-4-3-5-7-11;1-4-10-5-7(6(2)3)8-9-10/h4,9-10,15-17,19-21H,2-3,5-8,11-14,18H2,1H3;13,15-17H,3-12,14H2,1-2H3;3-8,10H,9H2,1-2H3;5-6H,4H2,1-3H3. The predicted octanol–water partition coefficient (Wildman–Crippen LogP) is 17.3. The third-order valence-corrected chi connectivity index (χ3v) is 25.2. The summed E-state index contributed by atoms with van der Waals surface area (Å²) < 4.78 is 7.95. The SMILES string of the molecule is CC(C)c1cn(CP(C2CCCCC2)C2CCCCC2)nn1.CC(C)c1cn(CSc2ccccc2)nn1.CC(c1cn(CSc2ccccc2)nn1)P(C1CCCCC1)C1CCCCC1.CCn1cc(C(C)C)nn1. The molecule has 4 aromatic heterocycles. The average molecular weight is 1110 g/mol. The summed E-state index contributed by atoms with van der Waals surface area (Å²) >= 11 is 3.59. The van der Waals surface area contributed by atoms with Gasteiger partial charge >= 0.3 is 0 Å². The van der Waals surface area contributed by atoms with E-state index < -0.39 is 0 Å². The summed E-state index contributed by atoms with van der Waals surface area (Å²) in [4.78, 5) is 2.54. The maximum absolute atomic E-state index is 4.65. The van der Waals surface area contributed by atoms with Crippen molar-refractivity contribution in [1.82, 2.24) is 60.0 Å². The predicted molar refractivity (Wildman–Crippen MR) is 322 cm³/mol. The molecule has 10 rings (SSSR count). The van der Waals surface area contributed by atoms with Crippen LogP contribution in [0.3, 0.4) is 0 Å². The number of aryl methyl sites for hydroxylation is 1.